The average molecular weight is 647 g/mol. The van der Waals surface area contributed by atoms with Crippen molar-refractivity contribution in [3.63, 3.8) is 0 Å². The van der Waals surface area contributed by atoms with Gasteiger partial charge in [0.15, 0.2) is 5.58 Å². The summed E-state index contributed by atoms with van der Waals surface area (Å²) in [6.45, 7) is 7.60. The summed E-state index contributed by atoms with van der Waals surface area (Å²) in [5, 5.41) is 6.02. The highest BCUT2D eigenvalue weighted by Gasteiger charge is 2.43. The molecule has 3 aliphatic heterocycles. The van der Waals surface area contributed by atoms with Gasteiger partial charge in [0, 0.05) is 63.0 Å². The van der Waals surface area contributed by atoms with Crippen molar-refractivity contribution in [2.24, 2.45) is 0 Å². The smallest absolute Gasteiger partial charge is 0.417 e. The second-order valence-electron chi connectivity index (χ2n) is 13.6. The van der Waals surface area contributed by atoms with E-state index in [-0.39, 0.29) is 12.6 Å². The number of likely N-dealkylation sites (tertiary alicyclic amines) is 1. The van der Waals surface area contributed by atoms with E-state index in [4.69, 9.17) is 13.9 Å². The average Bonchev–Trinajstić information content (AvgIpc) is 3.46. The number of ether oxygens (including phenoxy) is 2. The molecule has 1 aliphatic carbocycles. The summed E-state index contributed by atoms with van der Waals surface area (Å²) in [7, 11) is 0. The van der Waals surface area contributed by atoms with Crippen LogP contribution < -0.4 is 16.4 Å². The number of urea groups is 1. The maximum atomic E-state index is 13.6. The van der Waals surface area contributed by atoms with Gasteiger partial charge < -0.3 is 29.4 Å². The molecule has 12 nitrogen and oxygen atoms in total. The number of anilines is 1. The molecule has 7 rings (SSSR count). The molecule has 2 aromatic carbocycles. The number of piperidine rings is 1. The Labute approximate surface area is 274 Å². The molecule has 4 heterocycles. The number of hydrogen-bond acceptors (Lipinski definition) is 8. The summed E-state index contributed by atoms with van der Waals surface area (Å²) >= 11 is 0. The highest BCUT2D eigenvalue weighted by Crippen LogP contribution is 2.39. The third-order valence-corrected chi connectivity index (χ3v) is 10.5. The van der Waals surface area contributed by atoms with E-state index in [1.807, 2.05) is 43.3 Å². The Morgan fingerprint density at radius 2 is 1.79 bits per heavy atom. The number of piperazine rings is 1. The number of oxazole rings is 1. The van der Waals surface area contributed by atoms with Crippen LogP contribution in [0.1, 0.15) is 61.6 Å². The molecule has 4 aliphatic rings. The highest BCUT2D eigenvalue weighted by molar-refractivity contribution is 5.93. The van der Waals surface area contributed by atoms with Crippen molar-refractivity contribution in [1.82, 2.24) is 25.0 Å². The maximum Gasteiger partial charge on any atom is 0.417 e. The summed E-state index contributed by atoms with van der Waals surface area (Å²) in [5.41, 5.74) is 4.27. The molecule has 3 N–H and O–H groups in total. The maximum absolute atomic E-state index is 13.6. The minimum absolute atomic E-state index is 0.224. The van der Waals surface area contributed by atoms with Crippen LogP contribution in [0.4, 0.5) is 15.3 Å². The number of aromatic amines is 1. The molecular weight excluding hydrogens is 600 g/mol. The SMILES string of the molecule is Cc1cc(CC(COCN2CCN(C3CCCCC3)CC2)OC(=O)N2CCC3(CC2)NC(=O)Nc2ccccc23)cc2oc(=O)[nH]c12. The quantitative estimate of drug-likeness (QED) is 0.326. The molecule has 1 atom stereocenters. The van der Waals surface area contributed by atoms with Crippen LogP contribution >= 0.6 is 0 Å². The second-order valence-corrected chi connectivity index (χ2v) is 13.6. The van der Waals surface area contributed by atoms with Gasteiger partial charge in [-0.25, -0.2) is 14.4 Å². The lowest BCUT2D eigenvalue weighted by Gasteiger charge is -2.45. The molecule has 1 spiro atoms. The molecular formula is C35H46N6O6. The molecule has 1 aromatic heterocycles. The number of nitrogens with zero attached hydrogens (tertiary/aromatic N) is 3. The Hall–Kier alpha value is -3.87. The minimum atomic E-state index is -0.538. The van der Waals surface area contributed by atoms with E-state index in [0.29, 0.717) is 50.2 Å². The third kappa shape index (κ3) is 7.05. The van der Waals surface area contributed by atoms with E-state index in [0.717, 1.165) is 54.6 Å². The van der Waals surface area contributed by atoms with Gasteiger partial charge in [-0.3, -0.25) is 14.8 Å². The van der Waals surface area contributed by atoms with Crippen molar-refractivity contribution in [3.05, 3.63) is 63.6 Å². The van der Waals surface area contributed by atoms with Crippen molar-refractivity contribution in [2.75, 3.05) is 57.9 Å². The highest BCUT2D eigenvalue weighted by atomic mass is 16.6. The molecule has 2 saturated heterocycles. The number of rotatable bonds is 8. The van der Waals surface area contributed by atoms with Crippen molar-refractivity contribution in [1.29, 1.82) is 0 Å². The van der Waals surface area contributed by atoms with Gasteiger partial charge in [0.2, 0.25) is 0 Å². The molecule has 3 amide bonds. The summed E-state index contributed by atoms with van der Waals surface area (Å²) in [4.78, 5) is 47.3. The molecule has 1 unspecified atom stereocenters. The number of hydrogen-bond donors (Lipinski definition) is 3. The summed E-state index contributed by atoms with van der Waals surface area (Å²) < 4.78 is 17.7. The molecule has 1 saturated carbocycles. The molecule has 47 heavy (non-hydrogen) atoms. The monoisotopic (exact) mass is 646 g/mol. The zero-order valence-electron chi connectivity index (χ0n) is 27.2. The lowest BCUT2D eigenvalue weighted by molar-refractivity contribution is -0.0471. The van der Waals surface area contributed by atoms with Gasteiger partial charge in [-0.2, -0.15) is 0 Å². The number of carbonyl (C=O) groups is 2. The van der Waals surface area contributed by atoms with Crippen LogP contribution in [0.15, 0.2) is 45.6 Å². The number of nitrogens with one attached hydrogen (secondary N) is 3. The van der Waals surface area contributed by atoms with Crippen LogP contribution in [0.25, 0.3) is 11.1 Å². The van der Waals surface area contributed by atoms with Gasteiger partial charge in [0.05, 0.1) is 24.4 Å². The third-order valence-electron chi connectivity index (χ3n) is 10.5. The second kappa shape index (κ2) is 13.7. The van der Waals surface area contributed by atoms with Crippen molar-refractivity contribution in [3.8, 4) is 0 Å². The number of fused-ring (bicyclic) bond motifs is 3. The first kappa shape index (κ1) is 31.7. The van der Waals surface area contributed by atoms with Crippen LogP contribution in [0.5, 0.6) is 0 Å². The topological polar surface area (TPSA) is 132 Å². The molecule has 0 radical (unpaired) electrons. The summed E-state index contributed by atoms with van der Waals surface area (Å²) in [6, 6.07) is 12.1. The van der Waals surface area contributed by atoms with Crippen LogP contribution in [0, 0.1) is 6.92 Å². The number of aromatic nitrogens is 1. The zero-order valence-corrected chi connectivity index (χ0v) is 27.2. The first-order valence-electron chi connectivity index (χ1n) is 17.2. The Balaban J connectivity index is 0.984. The number of carbonyl (C=O) groups excluding carboxylic acids is 2. The van der Waals surface area contributed by atoms with E-state index >= 15 is 0 Å². The van der Waals surface area contributed by atoms with Crippen molar-refractivity contribution >= 4 is 28.9 Å². The molecule has 252 valence electrons. The fourth-order valence-corrected chi connectivity index (χ4v) is 7.96. The number of aryl methyl sites for hydroxylation is 1. The van der Waals surface area contributed by atoms with E-state index in [9.17, 15) is 14.4 Å². The van der Waals surface area contributed by atoms with Crippen LogP contribution in [-0.2, 0) is 21.4 Å². The summed E-state index contributed by atoms with van der Waals surface area (Å²) in [5.74, 6) is -0.495. The lowest BCUT2D eigenvalue weighted by Crippen LogP contribution is -2.57. The Morgan fingerprint density at radius 1 is 1.02 bits per heavy atom. The lowest BCUT2D eigenvalue weighted by atomic mass is 9.79. The largest absolute Gasteiger partial charge is 0.443 e. The molecule has 12 heteroatoms. The Morgan fingerprint density at radius 3 is 2.57 bits per heavy atom. The Kier molecular flexibility index (Phi) is 9.24. The van der Waals surface area contributed by atoms with Crippen LogP contribution in [-0.4, -0.2) is 96.6 Å². The van der Waals surface area contributed by atoms with E-state index in [2.05, 4.69) is 25.4 Å². The predicted molar refractivity (Wildman–Crippen MR) is 177 cm³/mol. The number of amides is 3. The van der Waals surface area contributed by atoms with Crippen molar-refractivity contribution < 1.29 is 23.5 Å². The number of para-hydroxylation sites is 1. The van der Waals surface area contributed by atoms with Crippen LogP contribution in [0.2, 0.25) is 0 Å². The van der Waals surface area contributed by atoms with Gasteiger partial charge in [-0.15, -0.1) is 0 Å². The number of H-pyrrole nitrogens is 1. The Bertz CT molecular complexity index is 1630. The predicted octanol–water partition coefficient (Wildman–Crippen LogP) is 4.53. The fraction of sp³-hybridized carbons (Fsp3) is 0.571. The van der Waals surface area contributed by atoms with E-state index < -0.39 is 23.5 Å². The van der Waals surface area contributed by atoms with Gasteiger partial charge in [0.1, 0.15) is 6.10 Å². The first-order valence-corrected chi connectivity index (χ1v) is 17.2. The molecule has 3 fully saturated rings. The molecule has 3 aromatic rings. The number of benzene rings is 2. The van der Waals surface area contributed by atoms with E-state index in [1.165, 1.54) is 32.1 Å². The first-order chi connectivity index (χ1) is 22.8. The standard InChI is InChI=1S/C35H46N6O6/c1-24-19-25(21-30-31(24)37-33(43)47-30)20-27(22-45-23-39-15-17-40(18-16-39)26-7-3-2-4-8-26)46-34(44)41-13-11-35(12-14-41)28-9-5-6-10-29(28)36-32(42)38-35/h5-6,9-10,19,21,26-27H,2-4,7-8,11-18,20,22-23H2,1H3,(H,37,43)(H2,36,38,42). The van der Waals surface area contributed by atoms with Gasteiger partial charge in [0.25, 0.3) is 0 Å². The summed E-state index contributed by atoms with van der Waals surface area (Å²) in [6.07, 6.45) is 7.35. The van der Waals surface area contributed by atoms with Crippen LogP contribution in [0.3, 0.4) is 0 Å². The zero-order chi connectivity index (χ0) is 32.4. The normalized spacial score (nSPS) is 21.3. The van der Waals surface area contributed by atoms with E-state index in [1.54, 1.807) is 4.90 Å². The van der Waals surface area contributed by atoms with Gasteiger partial charge in [-0.1, -0.05) is 43.5 Å². The van der Waals surface area contributed by atoms with Crippen molar-refractivity contribution in [2.45, 2.75) is 76.0 Å². The molecule has 0 bridgehead atoms. The van der Waals surface area contributed by atoms with Gasteiger partial charge in [-0.05, 0) is 55.9 Å². The van der Waals surface area contributed by atoms with Gasteiger partial charge >= 0.3 is 17.9 Å². The fourth-order valence-electron chi connectivity index (χ4n) is 7.96. The minimum Gasteiger partial charge on any atom is -0.443 e.